The smallest absolute Gasteiger partial charge is 0.343 e. The maximum Gasteiger partial charge on any atom is 0.343 e. The summed E-state index contributed by atoms with van der Waals surface area (Å²) in [4.78, 5) is 24.0. The van der Waals surface area contributed by atoms with Crippen molar-refractivity contribution < 1.29 is 37.0 Å². The fourth-order valence-electron chi connectivity index (χ4n) is 3.71. The maximum absolute atomic E-state index is 13.8. The lowest BCUT2D eigenvalue weighted by Gasteiger charge is -2.25. The minimum absolute atomic E-state index is 0.0740. The van der Waals surface area contributed by atoms with Crippen LogP contribution in [0.3, 0.4) is 0 Å². The third-order valence-electron chi connectivity index (χ3n) is 5.59. The molecule has 0 atom stereocenters. The third kappa shape index (κ3) is 7.73. The summed E-state index contributed by atoms with van der Waals surface area (Å²) in [7, 11) is -0.0700. The van der Waals surface area contributed by atoms with Crippen molar-refractivity contribution in [3.63, 3.8) is 0 Å². The first-order valence-electron chi connectivity index (χ1n) is 12.0. The Hall–Kier alpha value is -4.58. The number of methoxy groups -OCH3 is 3. The number of ether oxygens (including phenoxy) is 4. The van der Waals surface area contributed by atoms with Crippen molar-refractivity contribution in [2.24, 2.45) is 5.10 Å². The van der Waals surface area contributed by atoms with Crippen molar-refractivity contribution in [1.82, 2.24) is 5.43 Å². The summed E-state index contributed by atoms with van der Waals surface area (Å²) in [5.41, 5.74) is 5.00. The molecule has 0 spiro atoms. The second kappa shape index (κ2) is 13.5. The van der Waals surface area contributed by atoms with E-state index < -0.39 is 28.4 Å². The van der Waals surface area contributed by atoms with E-state index in [4.69, 9.17) is 14.2 Å². The number of hydrogen-bond acceptors (Lipinski definition) is 9. The van der Waals surface area contributed by atoms with Gasteiger partial charge in [0.25, 0.3) is 15.9 Å². The van der Waals surface area contributed by atoms with Crippen LogP contribution in [0.15, 0.2) is 70.7 Å². The number of aryl methyl sites for hydroxylation is 2. The standard InChI is InChI=1S/C28H31N3O8S/c1-19-12-20(2)14-22(13-19)31(40(34,35)24-10-11-25(36-3)26(15-24)37-4)17-27(32)30-29-16-21-6-8-23(9-7-21)39-18-28(33)38-5/h6-16H,17-18H2,1-5H3,(H,30,32)/b29-16-. The van der Waals surface area contributed by atoms with Gasteiger partial charge in [0.15, 0.2) is 18.1 Å². The normalized spacial score (nSPS) is 11.1. The summed E-state index contributed by atoms with van der Waals surface area (Å²) in [6, 6.07) is 16.1. The summed E-state index contributed by atoms with van der Waals surface area (Å²) >= 11 is 0. The van der Waals surface area contributed by atoms with Crippen LogP contribution in [0.25, 0.3) is 0 Å². The van der Waals surface area contributed by atoms with Gasteiger partial charge in [0, 0.05) is 6.07 Å². The Morgan fingerprint density at radius 3 is 2.15 bits per heavy atom. The molecule has 0 radical (unpaired) electrons. The van der Waals surface area contributed by atoms with Crippen LogP contribution in [0.5, 0.6) is 17.2 Å². The number of amides is 1. The van der Waals surface area contributed by atoms with E-state index in [-0.39, 0.29) is 17.3 Å². The van der Waals surface area contributed by atoms with Gasteiger partial charge in [-0.15, -0.1) is 0 Å². The largest absolute Gasteiger partial charge is 0.493 e. The monoisotopic (exact) mass is 569 g/mol. The summed E-state index contributed by atoms with van der Waals surface area (Å²) in [5, 5.41) is 3.95. The molecular weight excluding hydrogens is 538 g/mol. The zero-order valence-electron chi connectivity index (χ0n) is 22.8. The number of rotatable bonds is 12. The zero-order chi connectivity index (χ0) is 29.3. The van der Waals surface area contributed by atoms with Crippen LogP contribution in [-0.2, 0) is 24.3 Å². The summed E-state index contributed by atoms with van der Waals surface area (Å²) < 4.78 is 48.9. The lowest BCUT2D eigenvalue weighted by Crippen LogP contribution is -2.39. The molecule has 0 saturated carbocycles. The van der Waals surface area contributed by atoms with Crippen LogP contribution >= 0.6 is 0 Å². The molecule has 0 bridgehead atoms. The molecule has 3 rings (SSSR count). The number of carbonyl (C=O) groups is 2. The van der Waals surface area contributed by atoms with E-state index in [0.717, 1.165) is 15.4 Å². The highest BCUT2D eigenvalue weighted by Crippen LogP contribution is 2.32. The molecule has 11 nitrogen and oxygen atoms in total. The number of esters is 1. The molecule has 0 aliphatic carbocycles. The Bertz CT molecular complexity index is 1470. The van der Waals surface area contributed by atoms with Gasteiger partial charge in [0.2, 0.25) is 0 Å². The van der Waals surface area contributed by atoms with Crippen molar-refractivity contribution >= 4 is 33.8 Å². The molecule has 212 valence electrons. The van der Waals surface area contributed by atoms with E-state index in [1.807, 2.05) is 19.9 Å². The second-order valence-corrected chi connectivity index (χ2v) is 10.5. The SMILES string of the molecule is COC(=O)COc1ccc(/C=N\NC(=O)CN(c2cc(C)cc(C)c2)S(=O)(=O)c2ccc(OC)c(OC)c2)cc1. The molecule has 0 unspecified atom stereocenters. The first-order valence-corrected chi connectivity index (χ1v) is 13.5. The van der Waals surface area contributed by atoms with Crippen molar-refractivity contribution in [1.29, 1.82) is 0 Å². The average Bonchev–Trinajstić information content (AvgIpc) is 2.94. The van der Waals surface area contributed by atoms with E-state index in [9.17, 15) is 18.0 Å². The Balaban J connectivity index is 1.80. The molecule has 1 N–H and O–H groups in total. The van der Waals surface area contributed by atoms with Crippen molar-refractivity contribution in [2.75, 3.05) is 38.8 Å². The van der Waals surface area contributed by atoms with Crippen LogP contribution in [0.2, 0.25) is 0 Å². The van der Waals surface area contributed by atoms with Crippen LogP contribution in [0, 0.1) is 13.8 Å². The quantitative estimate of drug-likeness (QED) is 0.200. The van der Waals surface area contributed by atoms with Crippen LogP contribution in [0.4, 0.5) is 5.69 Å². The van der Waals surface area contributed by atoms with Gasteiger partial charge in [0.05, 0.1) is 38.1 Å². The lowest BCUT2D eigenvalue weighted by atomic mass is 10.1. The van der Waals surface area contributed by atoms with Gasteiger partial charge in [-0.05, 0) is 79.1 Å². The average molecular weight is 570 g/mol. The highest BCUT2D eigenvalue weighted by atomic mass is 32.2. The third-order valence-corrected chi connectivity index (χ3v) is 7.36. The highest BCUT2D eigenvalue weighted by molar-refractivity contribution is 7.92. The first-order chi connectivity index (χ1) is 19.1. The molecule has 0 aliphatic rings. The molecular formula is C28H31N3O8S. The zero-order valence-corrected chi connectivity index (χ0v) is 23.7. The second-order valence-electron chi connectivity index (χ2n) is 8.60. The fraction of sp³-hybridized carbons (Fsp3) is 0.250. The number of benzene rings is 3. The number of hydrazone groups is 1. The molecule has 12 heteroatoms. The van der Waals surface area contributed by atoms with Gasteiger partial charge < -0.3 is 18.9 Å². The highest BCUT2D eigenvalue weighted by Gasteiger charge is 2.28. The van der Waals surface area contributed by atoms with Gasteiger partial charge in [-0.1, -0.05) is 6.07 Å². The number of anilines is 1. The van der Waals surface area contributed by atoms with E-state index in [2.05, 4.69) is 15.3 Å². The molecule has 0 fully saturated rings. The summed E-state index contributed by atoms with van der Waals surface area (Å²) in [5.74, 6) is -0.0980. The topological polar surface area (TPSA) is 133 Å². The number of nitrogens with zero attached hydrogens (tertiary/aromatic N) is 2. The predicted molar refractivity (Wildman–Crippen MR) is 150 cm³/mol. The van der Waals surface area contributed by atoms with Crippen molar-refractivity contribution in [3.05, 3.63) is 77.4 Å². The number of carbonyl (C=O) groups excluding carboxylic acids is 2. The summed E-state index contributed by atoms with van der Waals surface area (Å²) in [6.07, 6.45) is 1.39. The number of sulfonamides is 1. The minimum atomic E-state index is -4.20. The molecule has 0 saturated heterocycles. The van der Waals surface area contributed by atoms with Gasteiger partial charge in [-0.2, -0.15) is 5.10 Å². The number of nitrogens with one attached hydrogen (secondary N) is 1. The molecule has 0 aromatic heterocycles. The fourth-order valence-corrected chi connectivity index (χ4v) is 5.13. The van der Waals surface area contributed by atoms with Crippen LogP contribution < -0.4 is 23.9 Å². The first kappa shape index (κ1) is 30.0. The van der Waals surface area contributed by atoms with E-state index in [1.54, 1.807) is 36.4 Å². The Morgan fingerprint density at radius 2 is 1.55 bits per heavy atom. The van der Waals surface area contributed by atoms with Crippen LogP contribution in [-0.4, -0.2) is 61.0 Å². The molecule has 40 heavy (non-hydrogen) atoms. The molecule has 1 amide bonds. The van der Waals surface area contributed by atoms with E-state index in [0.29, 0.717) is 22.7 Å². The summed E-state index contributed by atoms with van der Waals surface area (Å²) in [6.45, 7) is 2.93. The van der Waals surface area contributed by atoms with Gasteiger partial charge in [-0.25, -0.2) is 18.6 Å². The number of hydrogen-bond donors (Lipinski definition) is 1. The maximum atomic E-state index is 13.8. The van der Waals surface area contributed by atoms with Crippen LogP contribution in [0.1, 0.15) is 16.7 Å². The molecule has 0 heterocycles. The minimum Gasteiger partial charge on any atom is -0.493 e. The lowest BCUT2D eigenvalue weighted by molar-refractivity contribution is -0.142. The van der Waals surface area contributed by atoms with E-state index >= 15 is 0 Å². The Labute approximate surface area is 233 Å². The Kier molecular flexibility index (Phi) is 10.1. The van der Waals surface area contributed by atoms with Gasteiger partial charge in [0.1, 0.15) is 12.3 Å². The van der Waals surface area contributed by atoms with Gasteiger partial charge in [-0.3, -0.25) is 9.10 Å². The van der Waals surface area contributed by atoms with Crippen molar-refractivity contribution in [3.8, 4) is 17.2 Å². The predicted octanol–water partition coefficient (Wildman–Crippen LogP) is 3.22. The van der Waals surface area contributed by atoms with Gasteiger partial charge >= 0.3 is 5.97 Å². The molecule has 3 aromatic carbocycles. The molecule has 0 aliphatic heterocycles. The molecule has 3 aromatic rings. The van der Waals surface area contributed by atoms with E-state index in [1.165, 1.54) is 45.7 Å². The Morgan fingerprint density at radius 1 is 0.900 bits per heavy atom. The van der Waals surface area contributed by atoms with Crippen molar-refractivity contribution in [2.45, 2.75) is 18.7 Å².